The highest BCUT2D eigenvalue weighted by atomic mass is 32.1. The van der Waals surface area contributed by atoms with E-state index in [0.29, 0.717) is 5.01 Å². The van der Waals surface area contributed by atoms with Crippen molar-refractivity contribution in [3.63, 3.8) is 0 Å². The third kappa shape index (κ3) is 1.88. The molecule has 1 aromatic rings. The normalized spacial score (nSPS) is 27.5. The second-order valence-electron chi connectivity index (χ2n) is 5.32. The zero-order chi connectivity index (χ0) is 12.0. The Kier molecular flexibility index (Phi) is 2.69. The predicted octanol–water partition coefficient (Wildman–Crippen LogP) is 2.63. The van der Waals surface area contributed by atoms with Crippen LogP contribution in [0.3, 0.4) is 0 Å². The number of aryl methyl sites for hydroxylation is 2. The first-order valence-corrected chi connectivity index (χ1v) is 7.20. The number of amides is 1. The molecule has 0 radical (unpaired) electrons. The number of nitrogens with zero attached hydrogens (tertiary/aromatic N) is 2. The lowest BCUT2D eigenvalue weighted by Crippen LogP contribution is -2.29. The molecule has 0 aromatic carbocycles. The van der Waals surface area contributed by atoms with Crippen molar-refractivity contribution in [3.8, 4) is 0 Å². The van der Waals surface area contributed by atoms with Crippen molar-refractivity contribution in [1.82, 2.24) is 9.88 Å². The molecule has 92 valence electrons. The molecule has 0 bridgehead atoms. The van der Waals surface area contributed by atoms with E-state index in [0.717, 1.165) is 35.5 Å². The number of hydrogen-bond acceptors (Lipinski definition) is 3. The van der Waals surface area contributed by atoms with Gasteiger partial charge in [0.15, 0.2) is 5.01 Å². The van der Waals surface area contributed by atoms with Crippen LogP contribution < -0.4 is 0 Å². The van der Waals surface area contributed by atoms with Crippen molar-refractivity contribution in [1.29, 1.82) is 0 Å². The molecule has 1 aliphatic heterocycles. The number of rotatable bonds is 1. The van der Waals surface area contributed by atoms with Crippen molar-refractivity contribution in [2.75, 3.05) is 13.1 Å². The molecule has 2 heterocycles. The molecule has 2 fully saturated rings. The first-order chi connectivity index (χ1) is 8.15. The van der Waals surface area contributed by atoms with Crippen LogP contribution in [0.2, 0.25) is 0 Å². The molecule has 2 aliphatic rings. The Morgan fingerprint density at radius 3 is 2.47 bits per heavy atom. The van der Waals surface area contributed by atoms with Crippen LogP contribution in [0.15, 0.2) is 0 Å². The Bertz CT molecular complexity index is 423. The first-order valence-electron chi connectivity index (χ1n) is 6.38. The summed E-state index contributed by atoms with van der Waals surface area (Å²) in [6, 6.07) is 0. The van der Waals surface area contributed by atoms with Crippen molar-refractivity contribution in [2.45, 2.75) is 33.1 Å². The fraction of sp³-hybridized carbons (Fsp3) is 0.692. The van der Waals surface area contributed by atoms with Gasteiger partial charge in [-0.25, -0.2) is 4.98 Å². The summed E-state index contributed by atoms with van der Waals surface area (Å²) < 4.78 is 0. The fourth-order valence-electron chi connectivity index (χ4n) is 3.10. The van der Waals surface area contributed by atoms with Crippen LogP contribution in [0.1, 0.15) is 39.6 Å². The zero-order valence-corrected chi connectivity index (χ0v) is 11.2. The molecular formula is C13H18N2OS. The summed E-state index contributed by atoms with van der Waals surface area (Å²) in [5.41, 5.74) is 0.998. The van der Waals surface area contributed by atoms with Gasteiger partial charge in [-0.3, -0.25) is 4.79 Å². The third-order valence-electron chi connectivity index (χ3n) is 4.22. The monoisotopic (exact) mass is 250 g/mol. The van der Waals surface area contributed by atoms with Gasteiger partial charge < -0.3 is 4.90 Å². The minimum absolute atomic E-state index is 0.153. The molecule has 1 saturated carbocycles. The van der Waals surface area contributed by atoms with Gasteiger partial charge >= 0.3 is 0 Å². The van der Waals surface area contributed by atoms with Gasteiger partial charge in [-0.15, -0.1) is 11.3 Å². The number of thiazole rings is 1. The highest BCUT2D eigenvalue weighted by Crippen LogP contribution is 2.38. The second kappa shape index (κ2) is 4.09. The van der Waals surface area contributed by atoms with Gasteiger partial charge in [-0.1, -0.05) is 6.42 Å². The summed E-state index contributed by atoms with van der Waals surface area (Å²) in [6.07, 6.45) is 3.97. The summed E-state index contributed by atoms with van der Waals surface area (Å²) in [5, 5.41) is 0.681. The van der Waals surface area contributed by atoms with Crippen LogP contribution in [0, 0.1) is 25.7 Å². The SMILES string of the molecule is Cc1nc(C(=O)N2C[C@H]3CCC[C@H]3C2)sc1C. The van der Waals surface area contributed by atoms with E-state index in [1.54, 1.807) is 0 Å². The van der Waals surface area contributed by atoms with E-state index in [9.17, 15) is 4.79 Å². The van der Waals surface area contributed by atoms with E-state index in [1.165, 1.54) is 30.6 Å². The highest BCUT2D eigenvalue weighted by molar-refractivity contribution is 7.13. The van der Waals surface area contributed by atoms with Crippen LogP contribution >= 0.6 is 11.3 Å². The van der Waals surface area contributed by atoms with Gasteiger partial charge in [0.05, 0.1) is 5.69 Å². The highest BCUT2D eigenvalue weighted by Gasteiger charge is 2.38. The van der Waals surface area contributed by atoms with Crippen LogP contribution in [-0.2, 0) is 0 Å². The number of fused-ring (bicyclic) bond motifs is 1. The molecular weight excluding hydrogens is 232 g/mol. The maximum atomic E-state index is 12.3. The van der Waals surface area contributed by atoms with Gasteiger partial charge in [-0.2, -0.15) is 0 Å². The summed E-state index contributed by atoms with van der Waals surface area (Å²) in [5.74, 6) is 1.68. The van der Waals surface area contributed by atoms with Crippen LogP contribution in [0.5, 0.6) is 0 Å². The van der Waals surface area contributed by atoms with E-state index in [2.05, 4.69) is 4.98 Å². The Balaban J connectivity index is 1.75. The molecule has 3 nitrogen and oxygen atoms in total. The molecule has 1 saturated heterocycles. The van der Waals surface area contributed by atoms with Crippen LogP contribution in [0.25, 0.3) is 0 Å². The van der Waals surface area contributed by atoms with Gasteiger partial charge in [0.2, 0.25) is 0 Å². The van der Waals surface area contributed by atoms with E-state index in [-0.39, 0.29) is 5.91 Å². The van der Waals surface area contributed by atoms with E-state index in [4.69, 9.17) is 0 Å². The minimum Gasteiger partial charge on any atom is -0.336 e. The summed E-state index contributed by atoms with van der Waals surface area (Å²) in [7, 11) is 0. The Morgan fingerprint density at radius 1 is 1.29 bits per heavy atom. The topological polar surface area (TPSA) is 33.2 Å². The van der Waals surface area contributed by atoms with Crippen molar-refractivity contribution < 1.29 is 4.79 Å². The van der Waals surface area contributed by atoms with Gasteiger partial charge in [0.1, 0.15) is 0 Å². The van der Waals surface area contributed by atoms with Gasteiger partial charge in [0.25, 0.3) is 5.91 Å². The predicted molar refractivity (Wildman–Crippen MR) is 68.3 cm³/mol. The van der Waals surface area contributed by atoms with E-state index >= 15 is 0 Å². The first kappa shape index (κ1) is 11.2. The van der Waals surface area contributed by atoms with Gasteiger partial charge in [0, 0.05) is 18.0 Å². The smallest absolute Gasteiger partial charge is 0.282 e. The lowest BCUT2D eigenvalue weighted by atomic mass is 10.0. The van der Waals surface area contributed by atoms with Crippen molar-refractivity contribution in [2.24, 2.45) is 11.8 Å². The summed E-state index contributed by atoms with van der Waals surface area (Å²) in [4.78, 5) is 19.9. The average molecular weight is 250 g/mol. The zero-order valence-electron chi connectivity index (χ0n) is 10.4. The quantitative estimate of drug-likeness (QED) is 0.767. The molecule has 2 atom stereocenters. The second-order valence-corrected chi connectivity index (χ2v) is 6.53. The van der Waals surface area contributed by atoms with E-state index in [1.807, 2.05) is 18.7 Å². The number of aromatic nitrogens is 1. The average Bonchev–Trinajstić information content (AvgIpc) is 2.92. The van der Waals surface area contributed by atoms with E-state index < -0.39 is 0 Å². The fourth-order valence-corrected chi connectivity index (χ4v) is 3.98. The Hall–Kier alpha value is -0.900. The van der Waals surface area contributed by atoms with Crippen LogP contribution in [0.4, 0.5) is 0 Å². The maximum Gasteiger partial charge on any atom is 0.282 e. The summed E-state index contributed by atoms with van der Waals surface area (Å²) >= 11 is 1.54. The minimum atomic E-state index is 0.153. The molecule has 1 aromatic heterocycles. The molecule has 4 heteroatoms. The molecule has 0 N–H and O–H groups in total. The number of likely N-dealkylation sites (tertiary alicyclic amines) is 1. The molecule has 3 rings (SSSR count). The standard InChI is InChI=1S/C13H18N2OS/c1-8-9(2)17-12(14-8)13(16)15-6-10-4-3-5-11(10)7-15/h10-11H,3-7H2,1-2H3/t10-,11+. The molecule has 1 aliphatic carbocycles. The molecule has 1 amide bonds. The van der Waals surface area contributed by atoms with Gasteiger partial charge in [-0.05, 0) is 38.5 Å². The number of carbonyl (C=O) groups is 1. The lowest BCUT2D eigenvalue weighted by Gasteiger charge is -2.15. The largest absolute Gasteiger partial charge is 0.336 e. The Labute approximate surface area is 106 Å². The van der Waals surface area contributed by atoms with Crippen molar-refractivity contribution >= 4 is 17.2 Å². The lowest BCUT2D eigenvalue weighted by molar-refractivity contribution is 0.0780. The molecule has 0 unspecified atom stereocenters. The maximum absolute atomic E-state index is 12.3. The summed E-state index contributed by atoms with van der Waals surface area (Å²) in [6.45, 7) is 5.92. The van der Waals surface area contributed by atoms with Crippen molar-refractivity contribution in [3.05, 3.63) is 15.6 Å². The van der Waals surface area contributed by atoms with Crippen LogP contribution in [-0.4, -0.2) is 28.9 Å². The number of hydrogen-bond donors (Lipinski definition) is 0. The molecule has 17 heavy (non-hydrogen) atoms. The number of carbonyl (C=O) groups excluding carboxylic acids is 1. The molecule has 0 spiro atoms. The Morgan fingerprint density at radius 2 is 1.94 bits per heavy atom. The third-order valence-corrected chi connectivity index (χ3v) is 5.29.